The number of aromatic nitrogens is 2. The van der Waals surface area contributed by atoms with Crippen molar-refractivity contribution in [3.05, 3.63) is 87.7 Å². The van der Waals surface area contributed by atoms with Gasteiger partial charge in [0.05, 0.1) is 18.8 Å². The molecule has 0 aliphatic rings. The van der Waals surface area contributed by atoms with Crippen LogP contribution in [0.25, 0.3) is 17.3 Å². The predicted octanol–water partition coefficient (Wildman–Crippen LogP) is 3.79. The highest BCUT2D eigenvalue weighted by Gasteiger charge is 2.05. The lowest BCUT2D eigenvalue weighted by Gasteiger charge is -2.08. The Morgan fingerprint density at radius 3 is 2.63 bits per heavy atom. The van der Waals surface area contributed by atoms with E-state index in [0.29, 0.717) is 17.3 Å². The van der Waals surface area contributed by atoms with Crippen molar-refractivity contribution < 1.29 is 9.53 Å². The molecule has 0 bridgehead atoms. The van der Waals surface area contributed by atoms with Gasteiger partial charge in [0.1, 0.15) is 5.75 Å². The summed E-state index contributed by atoms with van der Waals surface area (Å²) in [6.07, 6.45) is 3.06. The molecule has 154 valence electrons. The highest BCUT2D eigenvalue weighted by molar-refractivity contribution is 6.32. The van der Waals surface area contributed by atoms with Crippen LogP contribution in [0.2, 0.25) is 5.02 Å². The normalized spacial score (nSPS) is 10.9. The number of halogens is 1. The number of nitrogens with one attached hydrogen (secondary N) is 1. The maximum absolute atomic E-state index is 12.1. The Balaban J connectivity index is 1.60. The van der Waals surface area contributed by atoms with E-state index in [2.05, 4.69) is 10.4 Å². The van der Waals surface area contributed by atoms with Crippen LogP contribution in [-0.2, 0) is 11.3 Å². The van der Waals surface area contributed by atoms with Gasteiger partial charge in [-0.15, -0.1) is 0 Å². The van der Waals surface area contributed by atoms with E-state index in [9.17, 15) is 9.59 Å². The van der Waals surface area contributed by atoms with Gasteiger partial charge in [0, 0.05) is 29.3 Å². The first-order chi connectivity index (χ1) is 14.6. The lowest BCUT2D eigenvalue weighted by atomic mass is 10.1. The lowest BCUT2D eigenvalue weighted by molar-refractivity contribution is -0.116. The van der Waals surface area contributed by atoms with Crippen molar-refractivity contribution in [2.45, 2.75) is 13.5 Å². The Hall–Kier alpha value is -3.38. The maximum Gasteiger partial charge on any atom is 0.266 e. The molecule has 0 atom stereocenters. The topological polar surface area (TPSA) is 73.2 Å². The lowest BCUT2D eigenvalue weighted by Crippen LogP contribution is -2.31. The Bertz CT molecular complexity index is 1090. The number of ether oxygens (including phenoxy) is 1. The molecule has 3 rings (SSSR count). The molecular formula is C23H22ClN3O3. The van der Waals surface area contributed by atoms with Gasteiger partial charge in [-0.25, -0.2) is 4.68 Å². The first-order valence-corrected chi connectivity index (χ1v) is 9.96. The number of rotatable bonds is 8. The van der Waals surface area contributed by atoms with Gasteiger partial charge >= 0.3 is 0 Å². The summed E-state index contributed by atoms with van der Waals surface area (Å²) in [6, 6.07) is 17.9. The second kappa shape index (κ2) is 10.4. The van der Waals surface area contributed by atoms with Crippen LogP contribution in [0.1, 0.15) is 12.5 Å². The number of benzene rings is 2. The Morgan fingerprint density at radius 2 is 1.90 bits per heavy atom. The van der Waals surface area contributed by atoms with E-state index in [4.69, 9.17) is 16.3 Å². The average molecular weight is 424 g/mol. The van der Waals surface area contributed by atoms with E-state index in [1.54, 1.807) is 18.2 Å². The molecular weight excluding hydrogens is 402 g/mol. The quantitative estimate of drug-likeness (QED) is 0.559. The van der Waals surface area contributed by atoms with Gasteiger partial charge in [0.2, 0.25) is 5.91 Å². The molecule has 1 heterocycles. The Kier molecular flexibility index (Phi) is 7.40. The molecule has 0 radical (unpaired) electrons. The van der Waals surface area contributed by atoms with Crippen molar-refractivity contribution in [3.63, 3.8) is 0 Å². The molecule has 0 saturated carbocycles. The van der Waals surface area contributed by atoms with Gasteiger partial charge in [0.25, 0.3) is 5.56 Å². The van der Waals surface area contributed by atoms with Gasteiger partial charge in [0.15, 0.2) is 0 Å². The first-order valence-electron chi connectivity index (χ1n) is 9.58. The summed E-state index contributed by atoms with van der Waals surface area (Å²) in [7, 11) is 0. The molecule has 0 aliphatic carbocycles. The zero-order chi connectivity index (χ0) is 21.3. The van der Waals surface area contributed by atoms with Crippen molar-refractivity contribution in [2.24, 2.45) is 0 Å². The third kappa shape index (κ3) is 5.81. The molecule has 0 saturated heterocycles. The summed E-state index contributed by atoms with van der Waals surface area (Å²) in [5, 5.41) is 7.71. The third-order valence-corrected chi connectivity index (χ3v) is 4.61. The fraction of sp³-hybridized carbons (Fsp3) is 0.174. The number of carbonyl (C=O) groups is 1. The summed E-state index contributed by atoms with van der Waals surface area (Å²) < 4.78 is 6.78. The van der Waals surface area contributed by atoms with Gasteiger partial charge in [-0.1, -0.05) is 29.8 Å². The average Bonchev–Trinajstić information content (AvgIpc) is 2.75. The molecule has 0 unspecified atom stereocenters. The number of carbonyl (C=O) groups excluding carboxylic acids is 1. The smallest absolute Gasteiger partial charge is 0.266 e. The predicted molar refractivity (Wildman–Crippen MR) is 119 cm³/mol. The van der Waals surface area contributed by atoms with E-state index < -0.39 is 0 Å². The van der Waals surface area contributed by atoms with Crippen molar-refractivity contribution in [1.82, 2.24) is 15.1 Å². The van der Waals surface area contributed by atoms with E-state index >= 15 is 0 Å². The third-order valence-electron chi connectivity index (χ3n) is 4.27. The van der Waals surface area contributed by atoms with Crippen LogP contribution in [0.5, 0.6) is 5.75 Å². The van der Waals surface area contributed by atoms with Crippen molar-refractivity contribution in [1.29, 1.82) is 0 Å². The highest BCUT2D eigenvalue weighted by Crippen LogP contribution is 2.20. The van der Waals surface area contributed by atoms with Gasteiger partial charge < -0.3 is 10.1 Å². The molecule has 7 heteroatoms. The number of hydrogen-bond acceptors (Lipinski definition) is 4. The molecule has 1 aromatic heterocycles. The minimum absolute atomic E-state index is 0.231. The Labute approximate surface area is 179 Å². The first kappa shape index (κ1) is 21.3. The summed E-state index contributed by atoms with van der Waals surface area (Å²) in [5.41, 5.74) is 2.07. The fourth-order valence-electron chi connectivity index (χ4n) is 2.77. The van der Waals surface area contributed by atoms with Crippen LogP contribution in [0, 0.1) is 0 Å². The van der Waals surface area contributed by atoms with Gasteiger partial charge in [-0.3, -0.25) is 9.59 Å². The summed E-state index contributed by atoms with van der Waals surface area (Å²) >= 11 is 6.06. The van der Waals surface area contributed by atoms with Crippen LogP contribution in [0.3, 0.4) is 0 Å². The van der Waals surface area contributed by atoms with Crippen molar-refractivity contribution in [3.8, 4) is 17.0 Å². The molecule has 1 N–H and O–H groups in total. The molecule has 3 aromatic rings. The zero-order valence-corrected chi connectivity index (χ0v) is 17.3. The van der Waals surface area contributed by atoms with E-state index in [1.165, 1.54) is 16.8 Å². The van der Waals surface area contributed by atoms with Crippen LogP contribution in [0.15, 0.2) is 71.5 Å². The van der Waals surface area contributed by atoms with E-state index in [1.807, 2.05) is 49.4 Å². The second-order valence-corrected chi connectivity index (χ2v) is 6.79. The van der Waals surface area contributed by atoms with Crippen LogP contribution < -0.4 is 15.6 Å². The highest BCUT2D eigenvalue weighted by atomic mass is 35.5. The molecule has 0 aliphatic heterocycles. The Morgan fingerprint density at radius 1 is 1.13 bits per heavy atom. The summed E-state index contributed by atoms with van der Waals surface area (Å²) in [4.78, 5) is 24.1. The van der Waals surface area contributed by atoms with Crippen LogP contribution in [0.4, 0.5) is 0 Å². The van der Waals surface area contributed by atoms with Crippen molar-refractivity contribution in [2.75, 3.05) is 13.2 Å². The minimum atomic E-state index is -0.273. The molecule has 1 amide bonds. The van der Waals surface area contributed by atoms with Crippen LogP contribution in [-0.4, -0.2) is 28.8 Å². The van der Waals surface area contributed by atoms with E-state index in [-0.39, 0.29) is 24.6 Å². The molecule has 6 nitrogen and oxygen atoms in total. The summed E-state index contributed by atoms with van der Waals surface area (Å²) in [6.45, 7) is 3.05. The largest absolute Gasteiger partial charge is 0.494 e. The van der Waals surface area contributed by atoms with E-state index in [0.717, 1.165) is 16.9 Å². The number of hydrogen-bond donors (Lipinski definition) is 1. The summed E-state index contributed by atoms with van der Waals surface area (Å²) in [5.74, 6) is 0.507. The minimum Gasteiger partial charge on any atom is -0.494 e. The molecule has 0 fully saturated rings. The standard InChI is InChI=1S/C23H22ClN3O3/c1-2-30-19-10-7-18(8-11-19)21-12-14-23(29)27(26-21)16-15-25-22(28)13-9-17-5-3-4-6-20(17)24/h3-14H,2,15-16H2,1H3,(H,25,28)/b13-9+. The fourth-order valence-corrected chi connectivity index (χ4v) is 2.97. The maximum atomic E-state index is 12.1. The SMILES string of the molecule is CCOc1ccc(-c2ccc(=O)n(CCNC(=O)/C=C/c3ccccc3Cl)n2)cc1. The molecule has 0 spiro atoms. The monoisotopic (exact) mass is 423 g/mol. The van der Waals surface area contributed by atoms with Gasteiger partial charge in [-0.05, 0) is 55.0 Å². The molecule has 30 heavy (non-hydrogen) atoms. The van der Waals surface area contributed by atoms with Crippen molar-refractivity contribution >= 4 is 23.6 Å². The zero-order valence-electron chi connectivity index (χ0n) is 16.5. The molecule has 2 aromatic carbocycles. The number of nitrogens with zero attached hydrogens (tertiary/aromatic N) is 2. The van der Waals surface area contributed by atoms with Gasteiger partial charge in [-0.2, -0.15) is 5.10 Å². The van der Waals surface area contributed by atoms with Crippen LogP contribution >= 0.6 is 11.6 Å². The second-order valence-electron chi connectivity index (χ2n) is 6.38. The number of amides is 1.